The lowest BCUT2D eigenvalue weighted by Gasteiger charge is -2.26. The highest BCUT2D eigenvalue weighted by Crippen LogP contribution is 2.13. The van der Waals surface area contributed by atoms with Gasteiger partial charge in [-0.15, -0.1) is 4.83 Å². The molecule has 1 aliphatic heterocycles. The molecule has 8 heteroatoms. The first-order valence-electron chi connectivity index (χ1n) is 6.67. The van der Waals surface area contributed by atoms with E-state index in [4.69, 9.17) is 4.74 Å². The van der Waals surface area contributed by atoms with Gasteiger partial charge in [0.2, 0.25) is 0 Å². The predicted molar refractivity (Wildman–Crippen MR) is 75.7 cm³/mol. The third-order valence-electron chi connectivity index (χ3n) is 2.86. The maximum Gasteiger partial charge on any atom is 0.253 e. The van der Waals surface area contributed by atoms with Crippen LogP contribution >= 0.6 is 0 Å². The monoisotopic (exact) mass is 300 g/mol. The summed E-state index contributed by atoms with van der Waals surface area (Å²) < 4.78 is 29.7. The van der Waals surface area contributed by atoms with Crippen molar-refractivity contribution in [3.8, 4) is 0 Å². The van der Waals surface area contributed by atoms with Gasteiger partial charge in [0, 0.05) is 31.9 Å². The quantitative estimate of drug-likeness (QED) is 0.792. The Kier molecular flexibility index (Phi) is 5.30. The zero-order chi connectivity index (χ0) is 14.4. The highest BCUT2D eigenvalue weighted by Gasteiger charge is 2.20. The van der Waals surface area contributed by atoms with E-state index in [0.717, 1.165) is 13.0 Å². The van der Waals surface area contributed by atoms with Gasteiger partial charge in [-0.25, -0.2) is 18.4 Å². The molecule has 1 aliphatic rings. The van der Waals surface area contributed by atoms with E-state index in [1.807, 2.05) is 6.92 Å². The van der Waals surface area contributed by atoms with Gasteiger partial charge in [0.05, 0.1) is 18.1 Å². The van der Waals surface area contributed by atoms with Gasteiger partial charge in [0.25, 0.3) is 10.0 Å². The molecule has 20 heavy (non-hydrogen) atoms. The van der Waals surface area contributed by atoms with Crippen molar-refractivity contribution in [3.63, 3.8) is 0 Å². The molecule has 1 aromatic rings. The summed E-state index contributed by atoms with van der Waals surface area (Å²) in [5.74, 6) is 0.566. The van der Waals surface area contributed by atoms with E-state index in [1.165, 1.54) is 12.3 Å². The second kappa shape index (κ2) is 6.98. The van der Waals surface area contributed by atoms with Gasteiger partial charge in [0.1, 0.15) is 5.82 Å². The molecule has 0 amide bonds. The summed E-state index contributed by atoms with van der Waals surface area (Å²) in [7, 11) is -3.57. The Morgan fingerprint density at radius 3 is 2.85 bits per heavy atom. The van der Waals surface area contributed by atoms with Crippen LogP contribution in [0.1, 0.15) is 13.3 Å². The van der Waals surface area contributed by atoms with E-state index >= 15 is 0 Å². The van der Waals surface area contributed by atoms with Gasteiger partial charge in [-0.3, -0.25) is 0 Å². The van der Waals surface area contributed by atoms with E-state index in [0.29, 0.717) is 32.1 Å². The molecule has 0 spiro atoms. The first-order valence-corrected chi connectivity index (χ1v) is 8.15. The number of nitrogens with zero attached hydrogens (tertiary/aromatic N) is 2. The maximum absolute atomic E-state index is 12.3. The molecular formula is C12H20N4O3S. The van der Waals surface area contributed by atoms with Crippen LogP contribution in [0.25, 0.3) is 0 Å². The molecule has 1 saturated heterocycles. The van der Waals surface area contributed by atoms with Gasteiger partial charge >= 0.3 is 0 Å². The summed E-state index contributed by atoms with van der Waals surface area (Å²) in [5.41, 5.74) is 0. The predicted octanol–water partition coefficient (Wildman–Crippen LogP) is 0.429. The number of anilines is 1. The Morgan fingerprint density at radius 1 is 1.40 bits per heavy atom. The van der Waals surface area contributed by atoms with Crippen LogP contribution in [0, 0.1) is 0 Å². The number of nitrogens with one attached hydrogen (secondary N) is 2. The average Bonchev–Trinajstić information content (AvgIpc) is 2.46. The van der Waals surface area contributed by atoms with Crippen LogP contribution in [0.5, 0.6) is 0 Å². The zero-order valence-electron chi connectivity index (χ0n) is 11.5. The number of aromatic nitrogens is 1. The molecule has 0 aliphatic carbocycles. The minimum absolute atomic E-state index is 0.206. The molecule has 1 fully saturated rings. The largest absolute Gasteiger partial charge is 0.379 e. The fourth-order valence-electron chi connectivity index (χ4n) is 1.81. The fourth-order valence-corrected chi connectivity index (χ4v) is 2.94. The second-order valence-corrected chi connectivity index (χ2v) is 6.16. The standard InChI is InChI=1S/C12H20N4O3S/c1-2-4-13-12-10-11(3-5-14-12)20(17,18)15-16-6-8-19-9-7-16/h3,5,10,15H,2,4,6-9H2,1H3,(H,13,14). The van der Waals surface area contributed by atoms with E-state index in [-0.39, 0.29) is 4.90 Å². The fraction of sp³-hybridized carbons (Fsp3) is 0.583. The number of hydrazine groups is 1. The molecule has 0 saturated carbocycles. The van der Waals surface area contributed by atoms with E-state index < -0.39 is 10.0 Å². The maximum atomic E-state index is 12.3. The third kappa shape index (κ3) is 4.14. The number of pyridine rings is 1. The Labute approximate surface area is 119 Å². The molecule has 2 heterocycles. The van der Waals surface area contributed by atoms with E-state index in [9.17, 15) is 8.42 Å². The number of hydrogen-bond donors (Lipinski definition) is 2. The zero-order valence-corrected chi connectivity index (χ0v) is 12.3. The van der Waals surface area contributed by atoms with Gasteiger partial charge < -0.3 is 10.1 Å². The van der Waals surface area contributed by atoms with Crippen molar-refractivity contribution < 1.29 is 13.2 Å². The highest BCUT2D eigenvalue weighted by atomic mass is 32.2. The van der Waals surface area contributed by atoms with E-state index in [1.54, 1.807) is 11.1 Å². The van der Waals surface area contributed by atoms with Crippen LogP contribution < -0.4 is 10.1 Å². The third-order valence-corrected chi connectivity index (χ3v) is 4.23. The van der Waals surface area contributed by atoms with Gasteiger partial charge in [-0.2, -0.15) is 0 Å². The summed E-state index contributed by atoms with van der Waals surface area (Å²) >= 11 is 0. The molecule has 2 rings (SSSR count). The van der Waals surface area contributed by atoms with Crippen molar-refractivity contribution in [2.24, 2.45) is 0 Å². The Morgan fingerprint density at radius 2 is 2.15 bits per heavy atom. The Bertz CT molecular complexity index is 529. The van der Waals surface area contributed by atoms with Crippen molar-refractivity contribution in [1.82, 2.24) is 14.8 Å². The lowest BCUT2D eigenvalue weighted by molar-refractivity contribution is 0.0272. The van der Waals surface area contributed by atoms with Crippen LogP contribution in [0.2, 0.25) is 0 Å². The van der Waals surface area contributed by atoms with Crippen molar-refractivity contribution in [2.45, 2.75) is 18.2 Å². The molecule has 112 valence electrons. The topological polar surface area (TPSA) is 83.6 Å². The average molecular weight is 300 g/mol. The second-order valence-electron chi connectivity index (χ2n) is 4.50. The minimum atomic E-state index is -3.57. The molecular weight excluding hydrogens is 280 g/mol. The van der Waals surface area contributed by atoms with Gasteiger partial charge in [-0.05, 0) is 12.5 Å². The van der Waals surface area contributed by atoms with E-state index in [2.05, 4.69) is 15.1 Å². The molecule has 0 radical (unpaired) electrons. The Balaban J connectivity index is 2.07. The minimum Gasteiger partial charge on any atom is -0.379 e. The molecule has 1 aromatic heterocycles. The van der Waals surface area contributed by atoms with Crippen LogP contribution in [-0.4, -0.2) is 51.3 Å². The number of morpholine rings is 1. The van der Waals surface area contributed by atoms with Crippen LogP contribution in [0.3, 0.4) is 0 Å². The smallest absolute Gasteiger partial charge is 0.253 e. The SMILES string of the molecule is CCCNc1cc(S(=O)(=O)NN2CCOCC2)ccn1. The molecule has 0 atom stereocenters. The summed E-state index contributed by atoms with van der Waals surface area (Å²) in [6.07, 6.45) is 2.44. The summed E-state index contributed by atoms with van der Waals surface area (Å²) in [6.45, 7) is 4.95. The molecule has 0 aromatic carbocycles. The molecule has 2 N–H and O–H groups in total. The summed E-state index contributed by atoms with van der Waals surface area (Å²) in [6, 6.07) is 3.03. The normalized spacial score (nSPS) is 17.1. The van der Waals surface area contributed by atoms with Crippen LogP contribution in [0.4, 0.5) is 5.82 Å². The summed E-state index contributed by atoms with van der Waals surface area (Å²) in [5, 5.41) is 4.72. The van der Waals surface area contributed by atoms with Crippen molar-refractivity contribution >= 4 is 15.8 Å². The molecule has 0 unspecified atom stereocenters. The van der Waals surface area contributed by atoms with Crippen molar-refractivity contribution in [2.75, 3.05) is 38.2 Å². The number of rotatable bonds is 6. The first kappa shape index (κ1) is 15.2. The van der Waals surface area contributed by atoms with Crippen LogP contribution in [0.15, 0.2) is 23.2 Å². The Hall–Kier alpha value is -1.22. The highest BCUT2D eigenvalue weighted by molar-refractivity contribution is 7.89. The lowest BCUT2D eigenvalue weighted by Crippen LogP contribution is -2.48. The molecule has 7 nitrogen and oxygen atoms in total. The number of sulfonamides is 1. The van der Waals surface area contributed by atoms with Crippen molar-refractivity contribution in [1.29, 1.82) is 0 Å². The lowest BCUT2D eigenvalue weighted by atomic mass is 10.4. The van der Waals surface area contributed by atoms with Crippen LogP contribution in [-0.2, 0) is 14.8 Å². The number of hydrogen-bond acceptors (Lipinski definition) is 6. The van der Waals surface area contributed by atoms with Crippen molar-refractivity contribution in [3.05, 3.63) is 18.3 Å². The summed E-state index contributed by atoms with van der Waals surface area (Å²) in [4.78, 5) is 6.87. The first-order chi connectivity index (χ1) is 9.62. The van der Waals surface area contributed by atoms with Gasteiger partial charge in [-0.1, -0.05) is 6.92 Å². The van der Waals surface area contributed by atoms with Gasteiger partial charge in [0.15, 0.2) is 0 Å². The number of ether oxygens (including phenoxy) is 1. The molecule has 0 bridgehead atoms.